The molecule has 2 aliphatic heterocycles. The van der Waals surface area contributed by atoms with Gasteiger partial charge in [-0.15, -0.1) is 0 Å². The summed E-state index contributed by atoms with van der Waals surface area (Å²) < 4.78 is 11.3. The Labute approximate surface area is 157 Å². The Morgan fingerprint density at radius 3 is 2.81 bits per heavy atom. The number of aromatic nitrogens is 2. The first-order chi connectivity index (χ1) is 13.0. The van der Waals surface area contributed by atoms with E-state index in [2.05, 4.69) is 9.97 Å². The molecule has 3 heterocycles. The maximum Gasteiger partial charge on any atom is 0.254 e. The van der Waals surface area contributed by atoms with Crippen LogP contribution in [0.15, 0.2) is 23.0 Å². The fourth-order valence-corrected chi connectivity index (χ4v) is 3.89. The van der Waals surface area contributed by atoms with E-state index in [-0.39, 0.29) is 23.9 Å². The summed E-state index contributed by atoms with van der Waals surface area (Å²) >= 11 is 0. The van der Waals surface area contributed by atoms with E-state index >= 15 is 0 Å². The number of carbonyl (C=O) groups is 1. The van der Waals surface area contributed by atoms with E-state index in [0.717, 1.165) is 29.9 Å². The highest BCUT2D eigenvalue weighted by Crippen LogP contribution is 2.38. The first kappa shape index (κ1) is 17.6. The second kappa shape index (κ2) is 7.06. The van der Waals surface area contributed by atoms with Gasteiger partial charge in [-0.1, -0.05) is 6.07 Å². The molecule has 0 unspecified atom stereocenters. The number of amides is 1. The molecule has 1 aromatic heterocycles. The largest absolute Gasteiger partial charge is 0.486 e. The van der Waals surface area contributed by atoms with E-state index < -0.39 is 0 Å². The molecule has 0 bridgehead atoms. The number of likely N-dealkylation sites (tertiary alicyclic amines) is 1. The van der Waals surface area contributed by atoms with Gasteiger partial charge in [0.2, 0.25) is 5.91 Å². The zero-order chi connectivity index (χ0) is 19.0. The van der Waals surface area contributed by atoms with Gasteiger partial charge in [0.1, 0.15) is 19.0 Å². The van der Waals surface area contributed by atoms with Crippen molar-refractivity contribution in [2.75, 3.05) is 19.8 Å². The van der Waals surface area contributed by atoms with Crippen molar-refractivity contribution in [3.63, 3.8) is 0 Å². The van der Waals surface area contributed by atoms with Crippen molar-refractivity contribution >= 4 is 5.91 Å². The molecule has 1 fully saturated rings. The molecule has 142 valence electrons. The molecule has 0 saturated carbocycles. The summed E-state index contributed by atoms with van der Waals surface area (Å²) in [5, 5.41) is 0. The summed E-state index contributed by atoms with van der Waals surface area (Å²) in [4.78, 5) is 34.0. The third-order valence-corrected chi connectivity index (χ3v) is 5.19. The zero-order valence-electron chi connectivity index (χ0n) is 15.6. The number of fused-ring (bicyclic) bond motifs is 1. The lowest BCUT2D eigenvalue weighted by molar-refractivity contribution is -0.131. The third kappa shape index (κ3) is 3.41. The number of hydrogen-bond donors (Lipinski definition) is 1. The van der Waals surface area contributed by atoms with Crippen molar-refractivity contribution < 1.29 is 14.3 Å². The Kier molecular flexibility index (Phi) is 4.59. The normalized spacial score (nSPS) is 18.6. The second-order valence-electron chi connectivity index (χ2n) is 7.04. The average molecular weight is 369 g/mol. The molecule has 7 nitrogen and oxygen atoms in total. The number of aromatic amines is 1. The summed E-state index contributed by atoms with van der Waals surface area (Å²) in [6.45, 7) is 5.28. The van der Waals surface area contributed by atoms with Crippen LogP contribution in [0, 0.1) is 13.8 Å². The summed E-state index contributed by atoms with van der Waals surface area (Å²) in [6, 6.07) is 5.86. The molecule has 2 aliphatic rings. The number of carbonyl (C=O) groups excluding carboxylic acids is 1. The number of hydrogen-bond acceptors (Lipinski definition) is 5. The molecule has 1 atom stereocenters. The molecule has 0 spiro atoms. The molecule has 0 aliphatic carbocycles. The molecular weight excluding hydrogens is 346 g/mol. The minimum absolute atomic E-state index is 0.00822. The highest BCUT2D eigenvalue weighted by Gasteiger charge is 2.31. The average Bonchev–Trinajstić information content (AvgIpc) is 3.14. The number of nitrogens with one attached hydrogen (secondary N) is 1. The van der Waals surface area contributed by atoms with Crippen molar-refractivity contribution in [3.8, 4) is 11.5 Å². The fourth-order valence-electron chi connectivity index (χ4n) is 3.89. The minimum Gasteiger partial charge on any atom is -0.486 e. The van der Waals surface area contributed by atoms with Crippen LogP contribution in [0.25, 0.3) is 0 Å². The van der Waals surface area contributed by atoms with Gasteiger partial charge in [-0.3, -0.25) is 9.59 Å². The van der Waals surface area contributed by atoms with Gasteiger partial charge in [-0.05, 0) is 44.4 Å². The van der Waals surface area contributed by atoms with Crippen molar-refractivity contribution in [1.29, 1.82) is 0 Å². The minimum atomic E-state index is -0.233. The van der Waals surface area contributed by atoms with Gasteiger partial charge in [-0.2, -0.15) is 0 Å². The van der Waals surface area contributed by atoms with E-state index in [0.29, 0.717) is 36.8 Å². The van der Waals surface area contributed by atoms with Crippen LogP contribution in [-0.2, 0) is 11.2 Å². The van der Waals surface area contributed by atoms with Gasteiger partial charge in [0.05, 0.1) is 12.5 Å². The Bertz CT molecular complexity index is 937. The quantitative estimate of drug-likeness (QED) is 0.895. The van der Waals surface area contributed by atoms with Gasteiger partial charge in [0.15, 0.2) is 11.5 Å². The number of nitrogens with zero attached hydrogens (tertiary/aromatic N) is 2. The molecule has 1 amide bonds. The van der Waals surface area contributed by atoms with Gasteiger partial charge in [-0.25, -0.2) is 4.98 Å². The Hall–Kier alpha value is -2.83. The Morgan fingerprint density at radius 1 is 1.26 bits per heavy atom. The van der Waals surface area contributed by atoms with E-state index in [1.165, 1.54) is 0 Å². The molecule has 1 aromatic carbocycles. The number of aryl methyl sites for hydroxylation is 2. The van der Waals surface area contributed by atoms with Crippen molar-refractivity contribution in [1.82, 2.24) is 14.9 Å². The van der Waals surface area contributed by atoms with E-state index in [9.17, 15) is 9.59 Å². The topological polar surface area (TPSA) is 84.5 Å². The predicted octanol–water partition coefficient (Wildman–Crippen LogP) is 2.06. The van der Waals surface area contributed by atoms with Crippen molar-refractivity contribution in [2.24, 2.45) is 0 Å². The number of benzene rings is 1. The molecule has 4 rings (SSSR count). The van der Waals surface area contributed by atoms with Crippen LogP contribution < -0.4 is 15.0 Å². The number of H-pyrrole nitrogens is 1. The molecule has 2 aromatic rings. The third-order valence-electron chi connectivity index (χ3n) is 5.19. The van der Waals surface area contributed by atoms with Crippen LogP contribution in [0.2, 0.25) is 0 Å². The lowest BCUT2D eigenvalue weighted by Crippen LogP contribution is -2.34. The first-order valence-electron chi connectivity index (χ1n) is 9.28. The lowest BCUT2D eigenvalue weighted by atomic mass is 10.0. The smallest absolute Gasteiger partial charge is 0.254 e. The van der Waals surface area contributed by atoms with Gasteiger partial charge in [0, 0.05) is 17.8 Å². The van der Waals surface area contributed by atoms with Crippen LogP contribution in [0.3, 0.4) is 0 Å². The summed E-state index contributed by atoms with van der Waals surface area (Å²) in [7, 11) is 0. The van der Waals surface area contributed by atoms with Crippen LogP contribution >= 0.6 is 0 Å². The summed E-state index contributed by atoms with van der Waals surface area (Å²) in [5.74, 6) is 1.98. The highest BCUT2D eigenvalue weighted by atomic mass is 16.6. The molecular formula is C20H23N3O4. The number of ether oxygens (including phenoxy) is 2. The second-order valence-corrected chi connectivity index (χ2v) is 7.04. The van der Waals surface area contributed by atoms with Crippen LogP contribution in [0.5, 0.6) is 11.5 Å². The van der Waals surface area contributed by atoms with Crippen molar-refractivity contribution in [2.45, 2.75) is 39.2 Å². The number of rotatable bonds is 3. The van der Waals surface area contributed by atoms with E-state index in [1.807, 2.05) is 23.1 Å². The van der Waals surface area contributed by atoms with E-state index in [4.69, 9.17) is 9.47 Å². The Balaban J connectivity index is 1.56. The van der Waals surface area contributed by atoms with Gasteiger partial charge in [0.25, 0.3) is 5.56 Å². The standard InChI is InChI=1S/C20H23N3O4/c1-12-15(20(25)22-13(2)21-12)11-19(24)23-7-3-4-16(23)14-5-6-17-18(10-14)27-9-8-26-17/h5-6,10,16H,3-4,7-9,11H2,1-2H3,(H,21,22,25)/t16-/m1/s1. The Morgan fingerprint density at radius 2 is 2.04 bits per heavy atom. The maximum atomic E-state index is 13.0. The molecule has 27 heavy (non-hydrogen) atoms. The zero-order valence-corrected chi connectivity index (χ0v) is 15.6. The van der Waals surface area contributed by atoms with Crippen LogP contribution in [-0.4, -0.2) is 40.5 Å². The first-order valence-corrected chi connectivity index (χ1v) is 9.28. The SMILES string of the molecule is Cc1nc(C)c(CC(=O)N2CCC[C@@H]2c2ccc3c(c2)OCCO3)c(=O)[nH]1. The van der Waals surface area contributed by atoms with Crippen molar-refractivity contribution in [3.05, 3.63) is 51.2 Å². The van der Waals surface area contributed by atoms with Crippen LogP contribution in [0.4, 0.5) is 0 Å². The van der Waals surface area contributed by atoms with Gasteiger partial charge < -0.3 is 19.4 Å². The summed E-state index contributed by atoms with van der Waals surface area (Å²) in [6.07, 6.45) is 1.90. The molecule has 1 saturated heterocycles. The lowest BCUT2D eigenvalue weighted by Gasteiger charge is -2.27. The summed E-state index contributed by atoms with van der Waals surface area (Å²) in [5.41, 5.74) is 1.86. The van der Waals surface area contributed by atoms with Crippen LogP contribution in [0.1, 0.15) is 41.5 Å². The fraction of sp³-hybridized carbons (Fsp3) is 0.450. The molecule has 1 N–H and O–H groups in total. The maximum absolute atomic E-state index is 13.0. The molecule has 0 radical (unpaired) electrons. The molecule has 7 heteroatoms. The highest BCUT2D eigenvalue weighted by molar-refractivity contribution is 5.79. The predicted molar refractivity (Wildman–Crippen MR) is 99.2 cm³/mol. The monoisotopic (exact) mass is 369 g/mol. The van der Waals surface area contributed by atoms with Gasteiger partial charge >= 0.3 is 0 Å². The van der Waals surface area contributed by atoms with E-state index in [1.54, 1.807) is 13.8 Å².